The molecule has 1 aliphatic carbocycles. The number of rotatable bonds is 3. The number of amides is 1. The van der Waals surface area contributed by atoms with Crippen LogP contribution in [0.15, 0.2) is 12.4 Å². The predicted octanol–water partition coefficient (Wildman–Crippen LogP) is 1.61. The molecule has 0 bridgehead atoms. The van der Waals surface area contributed by atoms with Crippen molar-refractivity contribution in [2.24, 2.45) is 11.8 Å². The molecule has 5 nitrogen and oxygen atoms in total. The second-order valence-electron chi connectivity index (χ2n) is 5.01. The fourth-order valence-corrected chi connectivity index (χ4v) is 2.76. The summed E-state index contributed by atoms with van der Waals surface area (Å²) >= 11 is 0. The van der Waals surface area contributed by atoms with E-state index in [4.69, 9.17) is 5.73 Å². The molecule has 0 radical (unpaired) electrons. The molecule has 0 aliphatic heterocycles. The Morgan fingerprint density at radius 1 is 1.50 bits per heavy atom. The van der Waals surface area contributed by atoms with Crippen molar-refractivity contribution in [3.8, 4) is 0 Å². The van der Waals surface area contributed by atoms with Crippen LogP contribution >= 0.6 is 0 Å². The lowest BCUT2D eigenvalue weighted by Crippen LogP contribution is -2.38. The Morgan fingerprint density at radius 3 is 2.89 bits per heavy atom. The number of hydrogen-bond acceptors (Lipinski definition) is 4. The van der Waals surface area contributed by atoms with Crippen LogP contribution in [0.2, 0.25) is 0 Å². The zero-order valence-corrected chi connectivity index (χ0v) is 10.9. The molecule has 98 valence electrons. The Kier molecular flexibility index (Phi) is 3.79. The highest BCUT2D eigenvalue weighted by molar-refractivity contribution is 5.92. The van der Waals surface area contributed by atoms with Crippen molar-refractivity contribution in [3.63, 3.8) is 0 Å². The summed E-state index contributed by atoms with van der Waals surface area (Å²) in [5, 5.41) is 3.04. The number of nitrogens with zero attached hydrogens (tertiary/aromatic N) is 2. The number of anilines is 1. The molecule has 1 aromatic heterocycles. The standard InChI is InChI=1S/C13H20N4O/c1-3-9-4-5-10(8(9)2)17-13(18)11-6-15-7-12(14)16-11/h6-10H,3-5H2,1-2H3,(H2,14,16)(H,17,18). The molecule has 3 unspecified atom stereocenters. The van der Waals surface area contributed by atoms with Gasteiger partial charge in [-0.25, -0.2) is 4.98 Å². The lowest BCUT2D eigenvalue weighted by atomic mass is 9.93. The summed E-state index contributed by atoms with van der Waals surface area (Å²) in [7, 11) is 0. The van der Waals surface area contributed by atoms with Gasteiger partial charge in [-0.1, -0.05) is 20.3 Å². The Balaban J connectivity index is 2.00. The van der Waals surface area contributed by atoms with E-state index in [1.54, 1.807) is 0 Å². The van der Waals surface area contributed by atoms with Crippen LogP contribution in [0.5, 0.6) is 0 Å². The molecule has 0 saturated heterocycles. The van der Waals surface area contributed by atoms with E-state index in [2.05, 4.69) is 29.1 Å². The van der Waals surface area contributed by atoms with Crippen LogP contribution in [-0.2, 0) is 0 Å². The molecular formula is C13H20N4O. The van der Waals surface area contributed by atoms with Crippen molar-refractivity contribution in [2.75, 3.05) is 5.73 Å². The number of nitrogens with two attached hydrogens (primary N) is 1. The van der Waals surface area contributed by atoms with Gasteiger partial charge in [0.15, 0.2) is 0 Å². The third-order valence-electron chi connectivity index (χ3n) is 3.95. The lowest BCUT2D eigenvalue weighted by molar-refractivity contribution is 0.0921. The van der Waals surface area contributed by atoms with Crippen LogP contribution in [0.1, 0.15) is 43.6 Å². The number of nitrogens with one attached hydrogen (secondary N) is 1. The van der Waals surface area contributed by atoms with Crippen LogP contribution in [0, 0.1) is 11.8 Å². The van der Waals surface area contributed by atoms with E-state index in [9.17, 15) is 4.79 Å². The Bertz CT molecular complexity index is 435. The molecule has 1 amide bonds. The quantitative estimate of drug-likeness (QED) is 0.851. The van der Waals surface area contributed by atoms with Crippen LogP contribution in [0.4, 0.5) is 5.82 Å². The first-order chi connectivity index (χ1) is 8.61. The van der Waals surface area contributed by atoms with Gasteiger partial charge in [0, 0.05) is 6.04 Å². The molecule has 1 aromatic rings. The highest BCUT2D eigenvalue weighted by Crippen LogP contribution is 2.33. The third kappa shape index (κ3) is 2.60. The van der Waals surface area contributed by atoms with E-state index in [1.165, 1.54) is 25.2 Å². The molecule has 2 rings (SSSR count). The van der Waals surface area contributed by atoms with Crippen LogP contribution < -0.4 is 11.1 Å². The fraction of sp³-hybridized carbons (Fsp3) is 0.615. The average molecular weight is 248 g/mol. The fourth-order valence-electron chi connectivity index (χ4n) is 2.76. The summed E-state index contributed by atoms with van der Waals surface area (Å²) in [6.45, 7) is 4.41. The third-order valence-corrected chi connectivity index (χ3v) is 3.95. The second-order valence-corrected chi connectivity index (χ2v) is 5.01. The first-order valence-corrected chi connectivity index (χ1v) is 6.50. The molecule has 1 fully saturated rings. The molecule has 3 N–H and O–H groups in total. The maximum Gasteiger partial charge on any atom is 0.271 e. The first kappa shape index (κ1) is 12.8. The molecular weight excluding hydrogens is 228 g/mol. The van der Waals surface area contributed by atoms with Gasteiger partial charge >= 0.3 is 0 Å². The van der Waals surface area contributed by atoms with Crippen molar-refractivity contribution in [1.29, 1.82) is 0 Å². The molecule has 3 atom stereocenters. The minimum Gasteiger partial charge on any atom is -0.382 e. The number of carbonyl (C=O) groups is 1. The van der Waals surface area contributed by atoms with Gasteiger partial charge in [0.05, 0.1) is 12.4 Å². The maximum atomic E-state index is 12.0. The van der Waals surface area contributed by atoms with Crippen LogP contribution in [0.25, 0.3) is 0 Å². The van der Waals surface area contributed by atoms with E-state index in [0.717, 1.165) is 6.42 Å². The predicted molar refractivity (Wildman–Crippen MR) is 69.9 cm³/mol. The molecule has 1 saturated carbocycles. The van der Waals surface area contributed by atoms with Crippen molar-refractivity contribution in [3.05, 3.63) is 18.1 Å². The highest BCUT2D eigenvalue weighted by Gasteiger charge is 2.32. The van der Waals surface area contributed by atoms with Gasteiger partial charge in [-0.2, -0.15) is 0 Å². The van der Waals surface area contributed by atoms with Crippen molar-refractivity contribution < 1.29 is 4.79 Å². The lowest BCUT2D eigenvalue weighted by Gasteiger charge is -2.20. The Morgan fingerprint density at radius 2 is 2.28 bits per heavy atom. The van der Waals surface area contributed by atoms with Gasteiger partial charge in [0.1, 0.15) is 11.5 Å². The largest absolute Gasteiger partial charge is 0.382 e. The number of nitrogen functional groups attached to an aromatic ring is 1. The first-order valence-electron chi connectivity index (χ1n) is 6.50. The second kappa shape index (κ2) is 5.33. The summed E-state index contributed by atoms with van der Waals surface area (Å²) in [6.07, 6.45) is 6.28. The normalized spacial score (nSPS) is 27.1. The number of aromatic nitrogens is 2. The van der Waals surface area contributed by atoms with E-state index in [0.29, 0.717) is 17.5 Å². The van der Waals surface area contributed by atoms with Gasteiger partial charge in [0.25, 0.3) is 5.91 Å². The van der Waals surface area contributed by atoms with Gasteiger partial charge in [-0.05, 0) is 24.7 Å². The van der Waals surface area contributed by atoms with E-state index in [-0.39, 0.29) is 17.8 Å². The number of carbonyl (C=O) groups excluding carboxylic acids is 1. The molecule has 18 heavy (non-hydrogen) atoms. The average Bonchev–Trinajstić information content (AvgIpc) is 2.70. The monoisotopic (exact) mass is 248 g/mol. The smallest absolute Gasteiger partial charge is 0.271 e. The molecule has 0 spiro atoms. The summed E-state index contributed by atoms with van der Waals surface area (Å²) in [6, 6.07) is 0.241. The van der Waals surface area contributed by atoms with Gasteiger partial charge in [-0.15, -0.1) is 0 Å². The maximum absolute atomic E-state index is 12.0. The topological polar surface area (TPSA) is 80.9 Å². The van der Waals surface area contributed by atoms with Crippen LogP contribution in [-0.4, -0.2) is 21.9 Å². The van der Waals surface area contributed by atoms with Crippen molar-refractivity contribution in [1.82, 2.24) is 15.3 Å². The molecule has 5 heteroatoms. The van der Waals surface area contributed by atoms with Gasteiger partial charge in [-0.3, -0.25) is 9.78 Å². The zero-order chi connectivity index (χ0) is 13.1. The molecule has 0 aromatic carbocycles. The molecule has 1 heterocycles. The molecule has 1 aliphatic rings. The Hall–Kier alpha value is -1.65. The highest BCUT2D eigenvalue weighted by atomic mass is 16.1. The van der Waals surface area contributed by atoms with Gasteiger partial charge in [0.2, 0.25) is 0 Å². The van der Waals surface area contributed by atoms with E-state index < -0.39 is 0 Å². The van der Waals surface area contributed by atoms with E-state index in [1.807, 2.05) is 0 Å². The minimum atomic E-state index is -0.177. The summed E-state index contributed by atoms with van der Waals surface area (Å²) < 4.78 is 0. The SMILES string of the molecule is CCC1CCC(NC(=O)c2cncc(N)n2)C1C. The summed E-state index contributed by atoms with van der Waals surface area (Å²) in [4.78, 5) is 19.9. The van der Waals surface area contributed by atoms with Crippen LogP contribution in [0.3, 0.4) is 0 Å². The van der Waals surface area contributed by atoms with Crippen molar-refractivity contribution >= 4 is 11.7 Å². The summed E-state index contributed by atoms with van der Waals surface area (Å²) in [5.41, 5.74) is 5.82. The van der Waals surface area contributed by atoms with E-state index >= 15 is 0 Å². The Labute approximate surface area is 107 Å². The number of hydrogen-bond donors (Lipinski definition) is 2. The van der Waals surface area contributed by atoms with Crippen molar-refractivity contribution in [2.45, 2.75) is 39.2 Å². The summed E-state index contributed by atoms with van der Waals surface area (Å²) in [5.74, 6) is 1.33. The zero-order valence-electron chi connectivity index (χ0n) is 10.9. The van der Waals surface area contributed by atoms with Gasteiger partial charge < -0.3 is 11.1 Å². The minimum absolute atomic E-state index is 0.177.